The smallest absolute Gasteiger partial charge is 0.103 e. The molecule has 0 saturated heterocycles. The van der Waals surface area contributed by atoms with Gasteiger partial charge in [-0.1, -0.05) is 26.8 Å². The van der Waals surface area contributed by atoms with Crippen LogP contribution in [0.3, 0.4) is 0 Å². The first-order valence-electron chi connectivity index (χ1n) is 4.86. The maximum absolute atomic E-state index is 13.3. The molecule has 0 aromatic rings. The Morgan fingerprint density at radius 3 is 2.33 bits per heavy atom. The molecule has 1 heteroatoms. The van der Waals surface area contributed by atoms with Crippen LogP contribution >= 0.6 is 0 Å². The molecule has 12 heavy (non-hydrogen) atoms. The minimum absolute atomic E-state index is 0.187. The summed E-state index contributed by atoms with van der Waals surface area (Å²) in [5.74, 6) is 0.771. The van der Waals surface area contributed by atoms with Crippen molar-refractivity contribution in [3.63, 3.8) is 0 Å². The number of halogens is 1. The molecule has 0 spiro atoms. The van der Waals surface area contributed by atoms with E-state index in [0.29, 0.717) is 12.3 Å². The van der Waals surface area contributed by atoms with Crippen molar-refractivity contribution in [1.82, 2.24) is 0 Å². The van der Waals surface area contributed by atoms with Crippen LogP contribution in [0.25, 0.3) is 0 Å². The highest BCUT2D eigenvalue weighted by Gasteiger charge is 2.18. The zero-order valence-corrected chi connectivity index (χ0v) is 8.52. The van der Waals surface area contributed by atoms with Gasteiger partial charge in [-0.05, 0) is 31.1 Å². The Bertz CT molecular complexity index is 118. The molecule has 2 unspecified atom stereocenters. The molecular formula is C11H21F. The van der Waals surface area contributed by atoms with Crippen molar-refractivity contribution in [2.45, 2.75) is 46.2 Å². The Morgan fingerprint density at radius 1 is 1.42 bits per heavy atom. The fraction of sp³-hybridized carbons (Fsp3) is 0.818. The second-order valence-electron chi connectivity index (χ2n) is 3.84. The van der Waals surface area contributed by atoms with Gasteiger partial charge in [0.25, 0.3) is 0 Å². The van der Waals surface area contributed by atoms with E-state index in [1.165, 1.54) is 0 Å². The molecule has 0 aliphatic heterocycles. The Kier molecular flexibility index (Phi) is 6.04. The summed E-state index contributed by atoms with van der Waals surface area (Å²) in [5.41, 5.74) is 0. The molecule has 72 valence electrons. The number of allylic oxidation sites excluding steroid dienone is 1. The molecule has 0 bridgehead atoms. The second-order valence-corrected chi connectivity index (χ2v) is 3.84. The van der Waals surface area contributed by atoms with Crippen LogP contribution in [-0.4, -0.2) is 6.17 Å². The highest BCUT2D eigenvalue weighted by atomic mass is 19.1. The molecule has 0 N–H and O–H groups in total. The zero-order valence-electron chi connectivity index (χ0n) is 8.52. The third-order valence-corrected chi connectivity index (χ3v) is 2.15. The van der Waals surface area contributed by atoms with Gasteiger partial charge in [0.1, 0.15) is 6.17 Å². The SMILES string of the molecule is C=CCC(CC(C)C)C(F)CC. The normalized spacial score (nSPS) is 16.1. The van der Waals surface area contributed by atoms with Gasteiger partial charge in [0.2, 0.25) is 0 Å². The lowest BCUT2D eigenvalue weighted by molar-refractivity contribution is 0.196. The fourth-order valence-electron chi connectivity index (χ4n) is 1.54. The summed E-state index contributed by atoms with van der Waals surface area (Å²) in [4.78, 5) is 0. The van der Waals surface area contributed by atoms with Crippen LogP contribution in [-0.2, 0) is 0 Å². The molecule has 0 aromatic heterocycles. The molecule has 0 nitrogen and oxygen atoms in total. The van der Waals surface area contributed by atoms with Crippen molar-refractivity contribution in [1.29, 1.82) is 0 Å². The monoisotopic (exact) mass is 172 g/mol. The minimum Gasteiger partial charge on any atom is -0.247 e. The molecular weight excluding hydrogens is 151 g/mol. The largest absolute Gasteiger partial charge is 0.247 e. The summed E-state index contributed by atoms with van der Waals surface area (Å²) in [6.45, 7) is 9.84. The molecule has 0 rings (SSSR count). The van der Waals surface area contributed by atoms with E-state index in [0.717, 1.165) is 12.8 Å². The first-order valence-corrected chi connectivity index (χ1v) is 4.86. The predicted molar refractivity (Wildman–Crippen MR) is 52.9 cm³/mol. The quantitative estimate of drug-likeness (QED) is 0.532. The second kappa shape index (κ2) is 6.22. The predicted octanol–water partition coefficient (Wildman–Crippen LogP) is 3.97. The van der Waals surface area contributed by atoms with Gasteiger partial charge in [-0.15, -0.1) is 6.58 Å². The summed E-state index contributed by atoms with van der Waals surface area (Å²) in [5, 5.41) is 0. The number of hydrogen-bond acceptors (Lipinski definition) is 0. The fourth-order valence-corrected chi connectivity index (χ4v) is 1.54. The average molecular weight is 172 g/mol. The molecule has 0 aliphatic carbocycles. The van der Waals surface area contributed by atoms with Gasteiger partial charge in [-0.3, -0.25) is 0 Å². The first kappa shape index (κ1) is 11.7. The van der Waals surface area contributed by atoms with E-state index in [1.54, 1.807) is 0 Å². The lowest BCUT2D eigenvalue weighted by Crippen LogP contribution is -2.16. The van der Waals surface area contributed by atoms with Crippen molar-refractivity contribution in [3.05, 3.63) is 12.7 Å². The van der Waals surface area contributed by atoms with Gasteiger partial charge in [-0.25, -0.2) is 4.39 Å². The van der Waals surface area contributed by atoms with Crippen LogP contribution in [0.5, 0.6) is 0 Å². The van der Waals surface area contributed by atoms with Crippen molar-refractivity contribution in [3.8, 4) is 0 Å². The summed E-state index contributed by atoms with van der Waals surface area (Å²) in [6, 6.07) is 0. The summed E-state index contributed by atoms with van der Waals surface area (Å²) < 4.78 is 13.3. The molecule has 0 radical (unpaired) electrons. The van der Waals surface area contributed by atoms with Gasteiger partial charge in [0.15, 0.2) is 0 Å². The van der Waals surface area contributed by atoms with Crippen LogP contribution < -0.4 is 0 Å². The molecule has 0 fully saturated rings. The number of rotatable bonds is 6. The van der Waals surface area contributed by atoms with Gasteiger partial charge < -0.3 is 0 Å². The van der Waals surface area contributed by atoms with Crippen LogP contribution in [0.15, 0.2) is 12.7 Å². The third-order valence-electron chi connectivity index (χ3n) is 2.15. The van der Waals surface area contributed by atoms with E-state index in [1.807, 2.05) is 13.0 Å². The standard InChI is InChI=1S/C11H21F/c1-5-7-10(8-9(3)4)11(12)6-2/h5,9-11H,1,6-8H2,2-4H3. The van der Waals surface area contributed by atoms with Crippen molar-refractivity contribution in [2.75, 3.05) is 0 Å². The van der Waals surface area contributed by atoms with E-state index in [2.05, 4.69) is 20.4 Å². The van der Waals surface area contributed by atoms with E-state index < -0.39 is 6.17 Å². The van der Waals surface area contributed by atoms with Crippen molar-refractivity contribution in [2.24, 2.45) is 11.8 Å². The summed E-state index contributed by atoms with van der Waals surface area (Å²) in [6.07, 6.45) is 3.60. The first-order chi connectivity index (χ1) is 5.61. The Balaban J connectivity index is 3.92. The van der Waals surface area contributed by atoms with E-state index >= 15 is 0 Å². The lowest BCUT2D eigenvalue weighted by Gasteiger charge is -2.20. The Labute approximate surface area is 75.9 Å². The van der Waals surface area contributed by atoms with Gasteiger partial charge >= 0.3 is 0 Å². The van der Waals surface area contributed by atoms with Crippen LogP contribution in [0, 0.1) is 11.8 Å². The lowest BCUT2D eigenvalue weighted by atomic mass is 9.89. The summed E-state index contributed by atoms with van der Waals surface area (Å²) >= 11 is 0. The number of hydrogen-bond donors (Lipinski definition) is 0. The van der Waals surface area contributed by atoms with Gasteiger partial charge in [0.05, 0.1) is 0 Å². The van der Waals surface area contributed by atoms with E-state index in [4.69, 9.17) is 0 Å². The Hall–Kier alpha value is -0.330. The maximum atomic E-state index is 13.3. The molecule has 0 aliphatic rings. The number of alkyl halides is 1. The zero-order chi connectivity index (χ0) is 9.56. The van der Waals surface area contributed by atoms with Crippen molar-refractivity contribution >= 4 is 0 Å². The van der Waals surface area contributed by atoms with Crippen molar-refractivity contribution < 1.29 is 4.39 Å². The third kappa shape index (κ3) is 4.53. The van der Waals surface area contributed by atoms with E-state index in [9.17, 15) is 4.39 Å². The minimum atomic E-state index is -0.648. The highest BCUT2D eigenvalue weighted by Crippen LogP contribution is 2.23. The van der Waals surface area contributed by atoms with Crippen LogP contribution in [0.1, 0.15) is 40.0 Å². The van der Waals surface area contributed by atoms with Crippen LogP contribution in [0.2, 0.25) is 0 Å². The maximum Gasteiger partial charge on any atom is 0.103 e. The molecule has 0 amide bonds. The highest BCUT2D eigenvalue weighted by molar-refractivity contribution is 4.78. The van der Waals surface area contributed by atoms with E-state index in [-0.39, 0.29) is 5.92 Å². The molecule has 0 saturated carbocycles. The van der Waals surface area contributed by atoms with Crippen LogP contribution in [0.4, 0.5) is 4.39 Å². The average Bonchev–Trinajstić information content (AvgIpc) is 2.01. The van der Waals surface area contributed by atoms with Gasteiger partial charge in [-0.2, -0.15) is 0 Å². The molecule has 0 heterocycles. The Morgan fingerprint density at radius 2 is 2.00 bits per heavy atom. The molecule has 0 aromatic carbocycles. The molecule has 2 atom stereocenters. The van der Waals surface area contributed by atoms with Gasteiger partial charge in [0, 0.05) is 0 Å². The summed E-state index contributed by atoms with van der Waals surface area (Å²) in [7, 11) is 0. The topological polar surface area (TPSA) is 0 Å².